The number of aromatic nitrogens is 2. The number of carbonyl (C=O) groups excluding carboxylic acids is 1. The Hall–Kier alpha value is -1.93. The first-order valence-corrected chi connectivity index (χ1v) is 9.81. The average molecular weight is 375 g/mol. The fraction of sp³-hybridized carbons (Fsp3) is 0.737. The molecule has 4 rings (SSSR count). The van der Waals surface area contributed by atoms with Gasteiger partial charge in [-0.2, -0.15) is 0 Å². The Morgan fingerprint density at radius 3 is 2.85 bits per heavy atom. The van der Waals surface area contributed by atoms with Gasteiger partial charge in [-0.25, -0.2) is 9.97 Å². The summed E-state index contributed by atoms with van der Waals surface area (Å²) in [5.41, 5.74) is -0.167. The Bertz CT molecular complexity index is 671. The second kappa shape index (κ2) is 7.59. The van der Waals surface area contributed by atoms with E-state index in [-0.39, 0.29) is 18.1 Å². The highest BCUT2D eigenvalue weighted by Crippen LogP contribution is 2.41. The summed E-state index contributed by atoms with van der Waals surface area (Å²) in [7, 11) is 3.95. The number of ether oxygens (including phenoxy) is 2. The maximum atomic E-state index is 12.1. The molecule has 8 nitrogen and oxygen atoms in total. The van der Waals surface area contributed by atoms with Crippen molar-refractivity contribution in [1.29, 1.82) is 0 Å². The summed E-state index contributed by atoms with van der Waals surface area (Å²) in [5.74, 6) is 2.27. The second-order valence-electron chi connectivity index (χ2n) is 7.99. The molecule has 3 saturated heterocycles. The third-order valence-electron chi connectivity index (χ3n) is 5.94. The molecule has 1 aromatic rings. The molecule has 4 heterocycles. The molecular weight excluding hydrogens is 346 g/mol. The molecular formula is C19H29N5O3. The fourth-order valence-corrected chi connectivity index (χ4v) is 4.23. The lowest BCUT2D eigenvalue weighted by Crippen LogP contribution is -2.65. The Morgan fingerprint density at radius 1 is 1.33 bits per heavy atom. The highest BCUT2D eigenvalue weighted by Gasteiger charge is 2.53. The first-order chi connectivity index (χ1) is 13.1. The smallest absolute Gasteiger partial charge is 0.248 e. The lowest BCUT2D eigenvalue weighted by atomic mass is 9.81. The molecule has 0 bridgehead atoms. The van der Waals surface area contributed by atoms with Crippen molar-refractivity contribution in [3.63, 3.8) is 0 Å². The van der Waals surface area contributed by atoms with Gasteiger partial charge in [-0.1, -0.05) is 0 Å². The molecule has 8 heteroatoms. The lowest BCUT2D eigenvalue weighted by molar-refractivity contribution is -0.136. The molecule has 0 aliphatic carbocycles. The van der Waals surface area contributed by atoms with Crippen LogP contribution in [0.5, 0.6) is 0 Å². The van der Waals surface area contributed by atoms with Crippen LogP contribution in [0.3, 0.4) is 0 Å². The molecule has 3 aliphatic rings. The number of hydrogen-bond donors (Lipinski definition) is 0. The van der Waals surface area contributed by atoms with Crippen molar-refractivity contribution in [1.82, 2.24) is 14.9 Å². The summed E-state index contributed by atoms with van der Waals surface area (Å²) in [6, 6.07) is 2.00. The van der Waals surface area contributed by atoms with Gasteiger partial charge in [0.25, 0.3) is 0 Å². The highest BCUT2D eigenvalue weighted by molar-refractivity contribution is 5.77. The topological polar surface area (TPSA) is 71.0 Å². The fourth-order valence-electron chi connectivity index (χ4n) is 4.23. The van der Waals surface area contributed by atoms with Crippen LogP contribution < -0.4 is 9.80 Å². The first-order valence-electron chi connectivity index (χ1n) is 9.81. The third-order valence-corrected chi connectivity index (χ3v) is 5.94. The van der Waals surface area contributed by atoms with Gasteiger partial charge in [-0.05, 0) is 19.3 Å². The zero-order valence-electron chi connectivity index (χ0n) is 16.3. The average Bonchev–Trinajstić information content (AvgIpc) is 3.30. The normalized spacial score (nSPS) is 23.7. The standard InChI is InChI=1S/C19H29N5O3/c1-22(2)16-9-17(21-14-20-16)24-12-19(13-24)15(5-8-27-19)10-26-11-18(25)23-6-3-4-7-23/h9,14-15H,3-8,10-13H2,1-2H3/t15-/m0/s1. The van der Waals surface area contributed by atoms with E-state index in [0.29, 0.717) is 12.5 Å². The first kappa shape index (κ1) is 18.4. The van der Waals surface area contributed by atoms with Crippen molar-refractivity contribution in [3.8, 4) is 0 Å². The molecule has 148 valence electrons. The van der Waals surface area contributed by atoms with Crippen LogP contribution in [0.4, 0.5) is 11.6 Å². The van der Waals surface area contributed by atoms with Crippen LogP contribution in [0.2, 0.25) is 0 Å². The van der Waals surface area contributed by atoms with Gasteiger partial charge in [0, 0.05) is 45.8 Å². The summed E-state index contributed by atoms with van der Waals surface area (Å²) >= 11 is 0. The minimum Gasteiger partial charge on any atom is -0.371 e. The highest BCUT2D eigenvalue weighted by atomic mass is 16.5. The molecule has 27 heavy (non-hydrogen) atoms. The second-order valence-corrected chi connectivity index (χ2v) is 7.99. The molecule has 0 aromatic carbocycles. The number of nitrogens with zero attached hydrogens (tertiary/aromatic N) is 5. The van der Waals surface area contributed by atoms with Crippen LogP contribution in [-0.2, 0) is 14.3 Å². The summed E-state index contributed by atoms with van der Waals surface area (Å²) in [4.78, 5) is 26.9. The number of rotatable bonds is 6. The van der Waals surface area contributed by atoms with E-state index in [1.54, 1.807) is 6.33 Å². The number of likely N-dealkylation sites (tertiary alicyclic amines) is 1. The van der Waals surface area contributed by atoms with Crippen molar-refractivity contribution >= 4 is 17.5 Å². The predicted octanol–water partition coefficient (Wildman–Crippen LogP) is 0.777. The van der Waals surface area contributed by atoms with Crippen LogP contribution in [-0.4, -0.2) is 86.5 Å². The van der Waals surface area contributed by atoms with E-state index in [4.69, 9.17) is 9.47 Å². The van der Waals surface area contributed by atoms with Crippen LogP contribution in [0.25, 0.3) is 0 Å². The van der Waals surface area contributed by atoms with E-state index >= 15 is 0 Å². The van der Waals surface area contributed by atoms with Crippen molar-refractivity contribution in [3.05, 3.63) is 12.4 Å². The molecule has 1 atom stereocenters. The predicted molar refractivity (Wildman–Crippen MR) is 102 cm³/mol. The molecule has 0 saturated carbocycles. The Morgan fingerprint density at radius 2 is 2.11 bits per heavy atom. The summed E-state index contributed by atoms with van der Waals surface area (Å²) in [6.45, 7) is 4.90. The van der Waals surface area contributed by atoms with E-state index < -0.39 is 0 Å². The zero-order valence-corrected chi connectivity index (χ0v) is 16.3. The van der Waals surface area contributed by atoms with Gasteiger partial charge in [0.15, 0.2) is 0 Å². The largest absolute Gasteiger partial charge is 0.371 e. The van der Waals surface area contributed by atoms with Gasteiger partial charge < -0.3 is 24.2 Å². The molecule has 3 fully saturated rings. The maximum Gasteiger partial charge on any atom is 0.248 e. The molecule has 1 aromatic heterocycles. The monoisotopic (exact) mass is 375 g/mol. The van der Waals surface area contributed by atoms with Crippen LogP contribution in [0.15, 0.2) is 12.4 Å². The number of anilines is 2. The summed E-state index contributed by atoms with van der Waals surface area (Å²) < 4.78 is 11.9. The maximum absolute atomic E-state index is 12.1. The third kappa shape index (κ3) is 3.73. The van der Waals surface area contributed by atoms with Crippen LogP contribution in [0, 0.1) is 5.92 Å². The zero-order chi connectivity index (χ0) is 18.9. The minimum atomic E-state index is -0.167. The molecule has 3 aliphatic heterocycles. The summed E-state index contributed by atoms with van der Waals surface area (Å²) in [6.07, 6.45) is 4.81. The number of hydrogen-bond acceptors (Lipinski definition) is 7. The summed E-state index contributed by atoms with van der Waals surface area (Å²) in [5, 5.41) is 0. The van der Waals surface area contributed by atoms with Crippen LogP contribution in [0.1, 0.15) is 19.3 Å². The molecule has 1 spiro atoms. The lowest BCUT2D eigenvalue weighted by Gasteiger charge is -2.50. The van der Waals surface area contributed by atoms with E-state index in [9.17, 15) is 4.79 Å². The van der Waals surface area contributed by atoms with Gasteiger partial charge in [0.1, 0.15) is 30.2 Å². The van der Waals surface area contributed by atoms with Crippen molar-refractivity contribution in [2.24, 2.45) is 5.92 Å². The van der Waals surface area contributed by atoms with Crippen molar-refractivity contribution in [2.45, 2.75) is 24.9 Å². The number of carbonyl (C=O) groups is 1. The molecule has 0 unspecified atom stereocenters. The Labute approximate surface area is 160 Å². The van der Waals surface area contributed by atoms with Gasteiger partial charge in [-0.15, -0.1) is 0 Å². The van der Waals surface area contributed by atoms with Crippen LogP contribution >= 0.6 is 0 Å². The Balaban J connectivity index is 1.29. The number of amides is 1. The van der Waals surface area contributed by atoms with E-state index in [2.05, 4.69) is 14.9 Å². The van der Waals surface area contributed by atoms with E-state index in [1.807, 2.05) is 30.0 Å². The van der Waals surface area contributed by atoms with Crippen molar-refractivity contribution in [2.75, 3.05) is 69.9 Å². The van der Waals surface area contributed by atoms with E-state index in [0.717, 1.165) is 63.7 Å². The van der Waals surface area contributed by atoms with Gasteiger partial charge >= 0.3 is 0 Å². The van der Waals surface area contributed by atoms with Gasteiger partial charge in [0.05, 0.1) is 19.7 Å². The van der Waals surface area contributed by atoms with Gasteiger partial charge in [-0.3, -0.25) is 4.79 Å². The van der Waals surface area contributed by atoms with E-state index in [1.165, 1.54) is 0 Å². The van der Waals surface area contributed by atoms with Gasteiger partial charge in [0.2, 0.25) is 5.91 Å². The minimum absolute atomic E-state index is 0.118. The van der Waals surface area contributed by atoms with Crippen molar-refractivity contribution < 1.29 is 14.3 Å². The molecule has 1 amide bonds. The molecule has 0 radical (unpaired) electrons. The SMILES string of the molecule is CN(C)c1cc(N2CC3(C2)OCC[C@H]3COCC(=O)N2CCCC2)ncn1. The Kier molecular flexibility index (Phi) is 5.19. The quantitative estimate of drug-likeness (QED) is 0.727. The molecule has 0 N–H and O–H groups in total.